The quantitative estimate of drug-likeness (QED) is 0.697. The number of hydrogen-bond donors (Lipinski definition) is 1. The summed E-state index contributed by atoms with van der Waals surface area (Å²) in [6.45, 7) is 2.79. The number of aryl methyl sites for hydroxylation is 1. The van der Waals surface area contributed by atoms with Gasteiger partial charge in [-0.3, -0.25) is 19.3 Å². The normalized spacial score (nSPS) is 32.0. The van der Waals surface area contributed by atoms with Crippen LogP contribution in [-0.2, 0) is 19.9 Å². The van der Waals surface area contributed by atoms with Crippen molar-refractivity contribution < 1.29 is 23.9 Å². The highest BCUT2D eigenvalue weighted by atomic mass is 16.7. The molecule has 8 heteroatoms. The first-order chi connectivity index (χ1) is 15.5. The van der Waals surface area contributed by atoms with Gasteiger partial charge in [0.25, 0.3) is 0 Å². The van der Waals surface area contributed by atoms with Gasteiger partial charge in [-0.25, -0.2) is 4.90 Å². The molecule has 8 nitrogen and oxygen atoms in total. The predicted molar refractivity (Wildman–Crippen MR) is 113 cm³/mol. The van der Waals surface area contributed by atoms with Crippen molar-refractivity contribution in [1.29, 1.82) is 0 Å². The molecule has 1 N–H and O–H groups in total. The van der Waals surface area contributed by atoms with E-state index in [2.05, 4.69) is 10.2 Å². The minimum Gasteiger partial charge on any atom is -0.454 e. The molecule has 3 fully saturated rings. The van der Waals surface area contributed by atoms with E-state index in [0.717, 1.165) is 29.7 Å². The number of nitrogens with one attached hydrogen (secondary N) is 1. The third-order valence-corrected chi connectivity index (χ3v) is 7.76. The van der Waals surface area contributed by atoms with E-state index >= 15 is 0 Å². The van der Waals surface area contributed by atoms with Crippen molar-refractivity contribution in [2.45, 2.75) is 31.3 Å². The number of imide groups is 1. The minimum atomic E-state index is -1.15. The fourth-order valence-electron chi connectivity index (χ4n) is 6.60. The van der Waals surface area contributed by atoms with Gasteiger partial charge >= 0.3 is 0 Å². The van der Waals surface area contributed by atoms with Crippen molar-refractivity contribution in [3.63, 3.8) is 0 Å². The van der Waals surface area contributed by atoms with Crippen molar-refractivity contribution >= 4 is 29.1 Å². The zero-order chi connectivity index (χ0) is 21.8. The van der Waals surface area contributed by atoms with Crippen molar-refractivity contribution in [3.8, 4) is 11.5 Å². The molecular formula is C24H21N3O5. The molecule has 5 aliphatic rings. The van der Waals surface area contributed by atoms with Crippen LogP contribution in [0.15, 0.2) is 36.4 Å². The van der Waals surface area contributed by atoms with Crippen molar-refractivity contribution in [2.24, 2.45) is 11.8 Å². The van der Waals surface area contributed by atoms with Crippen molar-refractivity contribution in [3.05, 3.63) is 47.5 Å². The van der Waals surface area contributed by atoms with Gasteiger partial charge in [-0.1, -0.05) is 17.7 Å². The molecule has 1 spiro atoms. The van der Waals surface area contributed by atoms with E-state index in [0.29, 0.717) is 23.7 Å². The fourth-order valence-corrected chi connectivity index (χ4v) is 6.60. The molecule has 4 atom stereocenters. The lowest BCUT2D eigenvalue weighted by molar-refractivity contribution is -0.135. The minimum absolute atomic E-state index is 0.113. The molecule has 32 heavy (non-hydrogen) atoms. The third kappa shape index (κ3) is 1.95. The molecule has 0 unspecified atom stereocenters. The van der Waals surface area contributed by atoms with Crippen LogP contribution >= 0.6 is 0 Å². The van der Waals surface area contributed by atoms with Crippen LogP contribution < -0.4 is 19.7 Å². The van der Waals surface area contributed by atoms with Crippen LogP contribution in [0.5, 0.6) is 11.5 Å². The smallest absolute Gasteiger partial charge is 0.250 e. The van der Waals surface area contributed by atoms with Crippen molar-refractivity contribution in [2.75, 3.05) is 23.6 Å². The van der Waals surface area contributed by atoms with Gasteiger partial charge in [0, 0.05) is 23.4 Å². The van der Waals surface area contributed by atoms with Gasteiger partial charge in [0.1, 0.15) is 5.54 Å². The lowest BCUT2D eigenvalue weighted by Crippen LogP contribution is -2.54. The molecule has 3 amide bonds. The molecule has 5 heterocycles. The van der Waals surface area contributed by atoms with Gasteiger partial charge in [0.2, 0.25) is 24.5 Å². The number of nitrogens with zero attached hydrogens (tertiary/aromatic N) is 2. The standard InChI is InChI=1S/C24H21N3O5/c1-12-4-6-15-14(9-12)24(23(30)25-15)20-19(16-3-2-8-26(16)24)21(28)27(22(20)29)13-5-7-17-18(10-13)32-11-31-17/h4-7,9-10,16,19-20H,2-3,8,11H2,1H3,(H,25,30)/t16-,19-,20-,24+/m1/s1. The third-order valence-electron chi connectivity index (χ3n) is 7.76. The van der Waals surface area contributed by atoms with Crippen LogP contribution in [0.1, 0.15) is 24.0 Å². The first kappa shape index (κ1) is 18.2. The van der Waals surface area contributed by atoms with Crippen LogP contribution in [0, 0.1) is 18.8 Å². The number of anilines is 2. The Balaban J connectivity index is 1.41. The van der Waals surface area contributed by atoms with Crippen LogP contribution in [0.4, 0.5) is 11.4 Å². The summed E-state index contributed by atoms with van der Waals surface area (Å²) in [5.74, 6) is -0.963. The summed E-state index contributed by atoms with van der Waals surface area (Å²) in [7, 11) is 0. The lowest BCUT2D eigenvalue weighted by atomic mass is 9.75. The van der Waals surface area contributed by atoms with E-state index < -0.39 is 17.4 Å². The highest BCUT2D eigenvalue weighted by Gasteiger charge is 2.74. The summed E-state index contributed by atoms with van der Waals surface area (Å²) in [6, 6.07) is 10.8. The van der Waals surface area contributed by atoms with Gasteiger partial charge in [-0.15, -0.1) is 0 Å². The summed E-state index contributed by atoms with van der Waals surface area (Å²) in [4.78, 5) is 44.7. The Hall–Kier alpha value is -3.39. The maximum absolute atomic E-state index is 14.0. The molecule has 0 aromatic heterocycles. The molecule has 5 aliphatic heterocycles. The number of carbonyl (C=O) groups excluding carboxylic acids is 3. The Kier molecular flexibility index (Phi) is 3.35. The summed E-state index contributed by atoms with van der Waals surface area (Å²) < 4.78 is 10.8. The maximum atomic E-state index is 14.0. The molecule has 0 bridgehead atoms. The molecular weight excluding hydrogens is 410 g/mol. The summed E-state index contributed by atoms with van der Waals surface area (Å²) in [5, 5.41) is 3.01. The van der Waals surface area contributed by atoms with E-state index in [-0.39, 0.29) is 30.6 Å². The van der Waals surface area contributed by atoms with Gasteiger partial charge < -0.3 is 14.8 Å². The second kappa shape index (κ2) is 5.89. The maximum Gasteiger partial charge on any atom is 0.250 e. The van der Waals surface area contributed by atoms with E-state index in [4.69, 9.17) is 9.47 Å². The van der Waals surface area contributed by atoms with Crippen LogP contribution in [0.3, 0.4) is 0 Å². The largest absolute Gasteiger partial charge is 0.454 e. The van der Waals surface area contributed by atoms with E-state index in [9.17, 15) is 14.4 Å². The predicted octanol–water partition coefficient (Wildman–Crippen LogP) is 2.15. The summed E-state index contributed by atoms with van der Waals surface area (Å²) >= 11 is 0. The Bertz CT molecular complexity index is 1240. The zero-order valence-electron chi connectivity index (χ0n) is 17.5. The molecule has 162 valence electrons. The molecule has 2 aromatic rings. The highest BCUT2D eigenvalue weighted by molar-refractivity contribution is 6.26. The SMILES string of the molecule is Cc1ccc2c(c1)[C@@]1(C(=O)N2)[C@H]2C(=O)N(c3ccc4c(c3)OCO4)C(=O)[C@@H]2[C@H]2CCCN21. The number of carbonyl (C=O) groups is 3. The monoisotopic (exact) mass is 431 g/mol. The van der Waals surface area contributed by atoms with Crippen LogP contribution in [0.2, 0.25) is 0 Å². The number of fused-ring (bicyclic) bond motifs is 8. The molecule has 0 saturated carbocycles. The number of ether oxygens (including phenoxy) is 2. The second-order valence-electron chi connectivity index (χ2n) is 9.23. The van der Waals surface area contributed by atoms with E-state index in [1.807, 2.05) is 25.1 Å². The Morgan fingerprint density at radius 2 is 1.88 bits per heavy atom. The van der Waals surface area contributed by atoms with Crippen molar-refractivity contribution in [1.82, 2.24) is 4.90 Å². The first-order valence-corrected chi connectivity index (χ1v) is 11.0. The summed E-state index contributed by atoms with van der Waals surface area (Å²) in [6.07, 6.45) is 1.70. The van der Waals surface area contributed by atoms with Gasteiger partial charge in [-0.2, -0.15) is 0 Å². The number of hydrogen-bond acceptors (Lipinski definition) is 6. The average molecular weight is 431 g/mol. The Morgan fingerprint density at radius 1 is 1.03 bits per heavy atom. The van der Waals surface area contributed by atoms with Crippen LogP contribution in [0.25, 0.3) is 0 Å². The zero-order valence-corrected chi connectivity index (χ0v) is 17.5. The Morgan fingerprint density at radius 3 is 2.75 bits per heavy atom. The highest BCUT2D eigenvalue weighted by Crippen LogP contribution is 2.60. The topological polar surface area (TPSA) is 88.2 Å². The first-order valence-electron chi connectivity index (χ1n) is 11.0. The number of benzene rings is 2. The Labute approximate surface area is 184 Å². The van der Waals surface area contributed by atoms with Crippen LogP contribution in [-0.4, -0.2) is 42.0 Å². The molecule has 7 rings (SSSR count). The van der Waals surface area contributed by atoms with Gasteiger partial charge in [0.05, 0.1) is 17.5 Å². The van der Waals surface area contributed by atoms with E-state index in [1.165, 1.54) is 4.90 Å². The second-order valence-corrected chi connectivity index (χ2v) is 9.23. The van der Waals surface area contributed by atoms with Gasteiger partial charge in [-0.05, 0) is 44.5 Å². The number of amides is 3. The fraction of sp³-hybridized carbons (Fsp3) is 0.375. The van der Waals surface area contributed by atoms with E-state index in [1.54, 1.807) is 18.2 Å². The summed E-state index contributed by atoms with van der Waals surface area (Å²) in [5.41, 5.74) is 1.87. The van der Waals surface area contributed by atoms with Gasteiger partial charge in [0.15, 0.2) is 11.5 Å². The average Bonchev–Trinajstić information content (AvgIpc) is 3.55. The lowest BCUT2D eigenvalue weighted by Gasteiger charge is -2.36. The molecule has 0 aliphatic carbocycles. The molecule has 2 aromatic carbocycles. The molecule has 0 radical (unpaired) electrons. The number of rotatable bonds is 1. The molecule has 3 saturated heterocycles.